The van der Waals surface area contributed by atoms with Crippen molar-refractivity contribution in [1.29, 1.82) is 0 Å². The van der Waals surface area contributed by atoms with Crippen LogP contribution in [0.4, 0.5) is 0 Å². The van der Waals surface area contributed by atoms with Crippen molar-refractivity contribution >= 4 is 11.9 Å². The molecule has 0 aromatic carbocycles. The first-order valence-corrected chi connectivity index (χ1v) is 6.60. The van der Waals surface area contributed by atoms with Crippen LogP contribution in [0.5, 0.6) is 0 Å². The zero-order chi connectivity index (χ0) is 13.8. The van der Waals surface area contributed by atoms with E-state index < -0.39 is 23.4 Å². The summed E-state index contributed by atoms with van der Waals surface area (Å²) in [6.07, 6.45) is 3.42. The molecule has 0 bridgehead atoms. The Morgan fingerprint density at radius 2 is 1.94 bits per heavy atom. The minimum atomic E-state index is -0.915. The van der Waals surface area contributed by atoms with Gasteiger partial charge in [-0.05, 0) is 26.2 Å². The van der Waals surface area contributed by atoms with Gasteiger partial charge in [0.2, 0.25) is 5.91 Å². The van der Waals surface area contributed by atoms with E-state index in [0.717, 1.165) is 12.8 Å². The van der Waals surface area contributed by atoms with Gasteiger partial charge >= 0.3 is 5.97 Å². The molecule has 5 heteroatoms. The van der Waals surface area contributed by atoms with E-state index in [0.29, 0.717) is 19.3 Å². The Balaban J connectivity index is 2.48. The quantitative estimate of drug-likeness (QED) is 0.666. The number of amides is 1. The van der Waals surface area contributed by atoms with Crippen molar-refractivity contribution in [1.82, 2.24) is 5.32 Å². The molecular weight excluding hydrogens is 234 g/mol. The van der Waals surface area contributed by atoms with Crippen LogP contribution in [0, 0.1) is 11.8 Å². The molecule has 0 radical (unpaired) electrons. The lowest BCUT2D eigenvalue weighted by Crippen LogP contribution is -2.44. The summed E-state index contributed by atoms with van der Waals surface area (Å²) >= 11 is 0. The Morgan fingerprint density at radius 1 is 1.33 bits per heavy atom. The molecule has 1 unspecified atom stereocenters. The minimum absolute atomic E-state index is 0.183. The van der Waals surface area contributed by atoms with E-state index in [1.165, 1.54) is 0 Å². The fraction of sp³-hybridized carbons (Fsp3) is 0.846. The minimum Gasteiger partial charge on any atom is -0.481 e. The second kappa shape index (κ2) is 6.18. The molecular formula is C13H23NO4. The first-order valence-electron chi connectivity index (χ1n) is 6.60. The van der Waals surface area contributed by atoms with Crippen molar-refractivity contribution in [2.24, 2.45) is 11.8 Å². The van der Waals surface area contributed by atoms with E-state index in [4.69, 9.17) is 5.11 Å². The Morgan fingerprint density at radius 3 is 2.50 bits per heavy atom. The summed E-state index contributed by atoms with van der Waals surface area (Å²) in [5.74, 6) is -2.15. The van der Waals surface area contributed by atoms with Crippen LogP contribution in [0.2, 0.25) is 0 Å². The number of carboxylic acids is 1. The van der Waals surface area contributed by atoms with Crippen molar-refractivity contribution in [2.75, 3.05) is 6.54 Å². The normalized spacial score (nSPS) is 26.6. The molecule has 3 atom stereocenters. The Labute approximate surface area is 108 Å². The van der Waals surface area contributed by atoms with Crippen LogP contribution in [-0.2, 0) is 9.59 Å². The van der Waals surface area contributed by atoms with Gasteiger partial charge in [-0.3, -0.25) is 9.59 Å². The number of hydrogen-bond acceptors (Lipinski definition) is 3. The molecule has 18 heavy (non-hydrogen) atoms. The maximum absolute atomic E-state index is 11.9. The van der Waals surface area contributed by atoms with Gasteiger partial charge in [0, 0.05) is 6.54 Å². The highest BCUT2D eigenvalue weighted by molar-refractivity contribution is 5.85. The van der Waals surface area contributed by atoms with Crippen molar-refractivity contribution in [3.8, 4) is 0 Å². The molecule has 0 saturated heterocycles. The molecule has 1 amide bonds. The summed E-state index contributed by atoms with van der Waals surface area (Å²) in [6.45, 7) is 3.83. The molecule has 0 aromatic rings. The summed E-state index contributed by atoms with van der Waals surface area (Å²) in [5.41, 5.74) is -0.915. The van der Waals surface area contributed by atoms with Gasteiger partial charge in [0.15, 0.2) is 0 Å². The van der Waals surface area contributed by atoms with Crippen molar-refractivity contribution < 1.29 is 19.8 Å². The predicted molar refractivity (Wildman–Crippen MR) is 67.0 cm³/mol. The van der Waals surface area contributed by atoms with Crippen molar-refractivity contribution in [3.63, 3.8) is 0 Å². The van der Waals surface area contributed by atoms with Crippen LogP contribution in [0.3, 0.4) is 0 Å². The van der Waals surface area contributed by atoms with E-state index in [-0.39, 0.29) is 12.5 Å². The number of rotatable bonds is 6. The number of nitrogens with one attached hydrogen (secondary N) is 1. The molecule has 104 valence electrons. The highest BCUT2D eigenvalue weighted by atomic mass is 16.4. The fourth-order valence-corrected chi connectivity index (χ4v) is 2.61. The Kier molecular flexibility index (Phi) is 5.14. The van der Waals surface area contributed by atoms with Crippen LogP contribution in [-0.4, -0.2) is 34.2 Å². The molecule has 0 aromatic heterocycles. The Hall–Kier alpha value is -1.10. The molecule has 0 spiro atoms. The number of hydrogen-bond donors (Lipinski definition) is 3. The molecule has 0 aliphatic heterocycles. The molecule has 1 aliphatic carbocycles. The SMILES string of the molecule is CCCC(C)(O)CNC(=O)[C@@H]1CCC[C@@H]1C(=O)O. The summed E-state index contributed by atoms with van der Waals surface area (Å²) in [6, 6.07) is 0. The lowest BCUT2D eigenvalue weighted by molar-refractivity contribution is -0.146. The fourth-order valence-electron chi connectivity index (χ4n) is 2.61. The second-order valence-corrected chi connectivity index (χ2v) is 5.45. The lowest BCUT2D eigenvalue weighted by atomic mass is 9.94. The van der Waals surface area contributed by atoms with Gasteiger partial charge in [-0.1, -0.05) is 19.8 Å². The third kappa shape index (κ3) is 3.98. The third-order valence-electron chi connectivity index (χ3n) is 3.60. The van der Waals surface area contributed by atoms with Gasteiger partial charge in [-0.2, -0.15) is 0 Å². The number of carbonyl (C=O) groups excluding carboxylic acids is 1. The highest BCUT2D eigenvalue weighted by Gasteiger charge is 2.38. The van der Waals surface area contributed by atoms with Gasteiger partial charge in [0.1, 0.15) is 0 Å². The van der Waals surface area contributed by atoms with Crippen molar-refractivity contribution in [3.05, 3.63) is 0 Å². The van der Waals surface area contributed by atoms with Gasteiger partial charge < -0.3 is 15.5 Å². The van der Waals surface area contributed by atoms with Crippen LogP contribution >= 0.6 is 0 Å². The van der Waals surface area contributed by atoms with Gasteiger partial charge in [0.25, 0.3) is 0 Å². The zero-order valence-electron chi connectivity index (χ0n) is 11.1. The van der Waals surface area contributed by atoms with Crippen LogP contribution in [0.1, 0.15) is 46.0 Å². The number of carboxylic acid groups (broad SMARTS) is 1. The van der Waals surface area contributed by atoms with E-state index in [1.54, 1.807) is 6.92 Å². The largest absolute Gasteiger partial charge is 0.481 e. The molecule has 1 rings (SSSR count). The monoisotopic (exact) mass is 257 g/mol. The summed E-state index contributed by atoms with van der Waals surface area (Å²) in [7, 11) is 0. The molecule has 1 saturated carbocycles. The molecule has 1 aliphatic rings. The third-order valence-corrected chi connectivity index (χ3v) is 3.60. The summed E-state index contributed by atoms with van der Waals surface area (Å²) < 4.78 is 0. The highest BCUT2D eigenvalue weighted by Crippen LogP contribution is 2.32. The van der Waals surface area contributed by atoms with Crippen LogP contribution in [0.25, 0.3) is 0 Å². The maximum Gasteiger partial charge on any atom is 0.307 e. The topological polar surface area (TPSA) is 86.6 Å². The van der Waals surface area contributed by atoms with Gasteiger partial charge in [0.05, 0.1) is 17.4 Å². The summed E-state index contributed by atoms with van der Waals surface area (Å²) in [4.78, 5) is 22.9. The molecule has 5 nitrogen and oxygen atoms in total. The standard InChI is InChI=1S/C13H23NO4/c1-3-7-13(2,18)8-14-11(15)9-5-4-6-10(9)12(16)17/h9-10,18H,3-8H2,1-2H3,(H,14,15)(H,16,17)/t9-,10+,13?/m1/s1. The number of carbonyl (C=O) groups is 2. The maximum atomic E-state index is 11.9. The van der Waals surface area contributed by atoms with Gasteiger partial charge in [-0.15, -0.1) is 0 Å². The average molecular weight is 257 g/mol. The van der Waals surface area contributed by atoms with Crippen molar-refractivity contribution in [2.45, 2.75) is 51.6 Å². The van der Waals surface area contributed by atoms with E-state index in [1.807, 2.05) is 6.92 Å². The lowest BCUT2D eigenvalue weighted by Gasteiger charge is -2.24. The van der Waals surface area contributed by atoms with Crippen LogP contribution in [0.15, 0.2) is 0 Å². The smallest absolute Gasteiger partial charge is 0.307 e. The first kappa shape index (κ1) is 15.0. The first-order chi connectivity index (χ1) is 8.37. The zero-order valence-corrected chi connectivity index (χ0v) is 11.1. The molecule has 1 fully saturated rings. The molecule has 3 N–H and O–H groups in total. The van der Waals surface area contributed by atoms with E-state index in [9.17, 15) is 14.7 Å². The van der Waals surface area contributed by atoms with E-state index in [2.05, 4.69) is 5.32 Å². The number of aliphatic hydroxyl groups is 1. The number of aliphatic carboxylic acids is 1. The van der Waals surface area contributed by atoms with Gasteiger partial charge in [-0.25, -0.2) is 0 Å². The molecule has 0 heterocycles. The Bertz CT molecular complexity index is 314. The summed E-state index contributed by atoms with van der Waals surface area (Å²) in [5, 5.41) is 21.6. The van der Waals surface area contributed by atoms with Crippen LogP contribution < -0.4 is 5.32 Å². The van der Waals surface area contributed by atoms with E-state index >= 15 is 0 Å². The predicted octanol–water partition coefficient (Wildman–Crippen LogP) is 1.15. The average Bonchev–Trinajstić information content (AvgIpc) is 2.74. The second-order valence-electron chi connectivity index (χ2n) is 5.45.